The van der Waals surface area contributed by atoms with E-state index in [0.717, 1.165) is 12.8 Å². The summed E-state index contributed by atoms with van der Waals surface area (Å²) in [6.45, 7) is 1.87. The number of carbonyl (C=O) groups excluding carboxylic acids is 3. The highest BCUT2D eigenvalue weighted by molar-refractivity contribution is 6.17. The number of hydrogen-bond acceptors (Lipinski definition) is 6. The van der Waals surface area contributed by atoms with Crippen LogP contribution in [0.4, 0.5) is 21.7 Å². The third kappa shape index (κ3) is 3.48. The van der Waals surface area contributed by atoms with Crippen molar-refractivity contribution < 1.29 is 23.5 Å². The Kier molecular flexibility index (Phi) is 5.25. The molecule has 3 aromatic rings. The van der Waals surface area contributed by atoms with E-state index in [1.54, 1.807) is 54.4 Å². The first-order valence-corrected chi connectivity index (χ1v) is 12.2. The maximum Gasteiger partial charge on any atom is 0.338 e. The largest absolute Gasteiger partial charge is 0.465 e. The fourth-order valence-corrected chi connectivity index (χ4v) is 5.46. The molecule has 2 unspecified atom stereocenters. The molecule has 2 aromatic carbocycles. The molecule has 6 rings (SSSR count). The van der Waals surface area contributed by atoms with Gasteiger partial charge in [-0.1, -0.05) is 24.3 Å². The average molecular weight is 501 g/mol. The van der Waals surface area contributed by atoms with Gasteiger partial charge in [0.1, 0.15) is 17.7 Å². The molecule has 2 aliphatic heterocycles. The number of halogens is 1. The van der Waals surface area contributed by atoms with Gasteiger partial charge in [0.05, 0.1) is 30.0 Å². The topological polar surface area (TPSA) is 83.0 Å². The summed E-state index contributed by atoms with van der Waals surface area (Å²) in [6.07, 6.45) is 1.95. The van der Waals surface area contributed by atoms with Gasteiger partial charge in [-0.3, -0.25) is 14.5 Å². The van der Waals surface area contributed by atoms with Crippen molar-refractivity contribution in [1.82, 2.24) is 4.98 Å². The van der Waals surface area contributed by atoms with Crippen LogP contribution < -0.4 is 14.7 Å². The van der Waals surface area contributed by atoms with Gasteiger partial charge >= 0.3 is 5.97 Å². The number of carbonyl (C=O) groups is 3. The average Bonchev–Trinajstić information content (AvgIpc) is 3.70. The minimum absolute atomic E-state index is 0.00878. The fourth-order valence-electron chi connectivity index (χ4n) is 5.46. The normalized spacial score (nSPS) is 20.7. The highest BCUT2D eigenvalue weighted by Gasteiger charge is 2.45. The Bertz CT molecular complexity index is 1450. The number of hydrogen-bond donors (Lipinski definition) is 0. The molecular formula is C28H25FN4O4. The first kappa shape index (κ1) is 23.1. The first-order valence-electron chi connectivity index (χ1n) is 12.2. The van der Waals surface area contributed by atoms with E-state index in [1.807, 2.05) is 11.8 Å². The summed E-state index contributed by atoms with van der Waals surface area (Å²) in [4.78, 5) is 49.6. The van der Waals surface area contributed by atoms with E-state index in [9.17, 15) is 18.8 Å². The van der Waals surface area contributed by atoms with Crippen molar-refractivity contribution in [2.45, 2.75) is 37.9 Å². The summed E-state index contributed by atoms with van der Waals surface area (Å²) < 4.78 is 18.8. The third-order valence-corrected chi connectivity index (χ3v) is 7.41. The monoisotopic (exact) mass is 500 g/mol. The van der Waals surface area contributed by atoms with Crippen molar-refractivity contribution in [1.29, 1.82) is 0 Å². The molecule has 8 nitrogen and oxygen atoms in total. The second kappa shape index (κ2) is 8.40. The molecule has 1 aromatic heterocycles. The van der Waals surface area contributed by atoms with Crippen LogP contribution in [0.25, 0.3) is 0 Å². The van der Waals surface area contributed by atoms with Crippen LogP contribution in [-0.4, -0.2) is 49.0 Å². The summed E-state index contributed by atoms with van der Waals surface area (Å²) in [6, 6.07) is 13.7. The van der Waals surface area contributed by atoms with Gasteiger partial charge < -0.3 is 14.5 Å². The Labute approximate surface area is 213 Å². The number of likely N-dealkylation sites (N-methyl/N-ethyl adjacent to an activating group) is 1. The lowest BCUT2D eigenvalue weighted by atomic mass is 9.95. The van der Waals surface area contributed by atoms with Crippen molar-refractivity contribution in [2.75, 3.05) is 28.9 Å². The number of aromatic nitrogens is 1. The second-order valence-electron chi connectivity index (χ2n) is 9.61. The van der Waals surface area contributed by atoms with Crippen LogP contribution in [0.5, 0.6) is 0 Å². The summed E-state index contributed by atoms with van der Waals surface area (Å²) in [5, 5.41) is 0. The van der Waals surface area contributed by atoms with Crippen molar-refractivity contribution in [2.24, 2.45) is 0 Å². The molecule has 0 spiro atoms. The maximum atomic E-state index is 14.0. The number of methoxy groups -OCH3 is 1. The molecule has 3 heterocycles. The SMILES string of the molecule is COC(=O)c1cccc2c1C(=O)N(c1ccc3c(n1)N(C1CC1)C(C)C(=O)N3C)C2c1ccc(F)cc1. The van der Waals surface area contributed by atoms with Gasteiger partial charge in [-0.15, -0.1) is 0 Å². The summed E-state index contributed by atoms with van der Waals surface area (Å²) in [5.41, 5.74) is 2.36. The van der Waals surface area contributed by atoms with Crippen LogP contribution in [0, 0.1) is 5.82 Å². The zero-order valence-electron chi connectivity index (χ0n) is 20.6. The van der Waals surface area contributed by atoms with Crippen LogP contribution >= 0.6 is 0 Å². The van der Waals surface area contributed by atoms with Gasteiger partial charge in [0.2, 0.25) is 5.91 Å². The lowest BCUT2D eigenvalue weighted by Gasteiger charge is -2.40. The highest BCUT2D eigenvalue weighted by atomic mass is 19.1. The number of pyridine rings is 1. The second-order valence-corrected chi connectivity index (χ2v) is 9.61. The van der Waals surface area contributed by atoms with Crippen LogP contribution in [-0.2, 0) is 9.53 Å². The van der Waals surface area contributed by atoms with Crippen molar-refractivity contribution in [3.8, 4) is 0 Å². The van der Waals surface area contributed by atoms with Gasteiger partial charge in [-0.25, -0.2) is 14.2 Å². The minimum Gasteiger partial charge on any atom is -0.465 e. The quantitative estimate of drug-likeness (QED) is 0.502. The van der Waals surface area contributed by atoms with Crippen molar-refractivity contribution in [3.05, 3.63) is 82.7 Å². The predicted molar refractivity (Wildman–Crippen MR) is 135 cm³/mol. The van der Waals surface area contributed by atoms with E-state index in [2.05, 4.69) is 0 Å². The molecule has 0 bridgehead atoms. The zero-order chi connectivity index (χ0) is 26.0. The molecule has 37 heavy (non-hydrogen) atoms. The Morgan fingerprint density at radius 1 is 1.05 bits per heavy atom. The van der Waals surface area contributed by atoms with E-state index in [1.165, 1.54) is 24.1 Å². The molecule has 9 heteroatoms. The molecule has 0 saturated heterocycles. The predicted octanol–water partition coefficient (Wildman–Crippen LogP) is 4.09. The standard InChI is InChI=1S/C28H25FN4O4/c1-15-26(34)31(2)21-13-14-22(30-25(21)32(15)18-11-12-18)33-24(16-7-9-17(29)10-8-16)19-5-4-6-20(28(36)37-3)23(19)27(33)35/h4-10,13-15,18,24H,11-12H2,1-3H3. The van der Waals surface area contributed by atoms with Crippen molar-refractivity contribution in [3.63, 3.8) is 0 Å². The molecule has 3 aliphatic rings. The van der Waals surface area contributed by atoms with E-state index in [4.69, 9.17) is 9.72 Å². The number of ether oxygens (including phenoxy) is 1. The van der Waals surface area contributed by atoms with E-state index in [0.29, 0.717) is 28.5 Å². The zero-order valence-corrected chi connectivity index (χ0v) is 20.6. The van der Waals surface area contributed by atoms with Gasteiger partial charge in [0.25, 0.3) is 5.91 Å². The van der Waals surface area contributed by atoms with Crippen LogP contribution in [0.1, 0.15) is 57.7 Å². The molecule has 0 radical (unpaired) electrons. The molecule has 2 amide bonds. The molecular weight excluding hydrogens is 475 g/mol. The summed E-state index contributed by atoms with van der Waals surface area (Å²) >= 11 is 0. The Morgan fingerprint density at radius 3 is 2.46 bits per heavy atom. The lowest BCUT2D eigenvalue weighted by Crippen LogP contribution is -2.52. The minimum atomic E-state index is -0.631. The molecule has 0 N–H and O–H groups in total. The smallest absolute Gasteiger partial charge is 0.338 e. The van der Waals surface area contributed by atoms with Crippen molar-refractivity contribution >= 4 is 35.1 Å². The van der Waals surface area contributed by atoms with Crippen LogP contribution in [0.3, 0.4) is 0 Å². The van der Waals surface area contributed by atoms with Gasteiger partial charge in [0.15, 0.2) is 5.82 Å². The number of amides is 2. The number of rotatable bonds is 4. The van der Waals surface area contributed by atoms with Gasteiger partial charge in [-0.2, -0.15) is 0 Å². The van der Waals surface area contributed by atoms with Gasteiger partial charge in [-0.05, 0) is 61.2 Å². The number of nitrogens with zero attached hydrogens (tertiary/aromatic N) is 4. The number of esters is 1. The molecule has 1 saturated carbocycles. The maximum absolute atomic E-state index is 14.0. The number of benzene rings is 2. The van der Waals surface area contributed by atoms with E-state index < -0.39 is 23.7 Å². The Morgan fingerprint density at radius 2 is 1.78 bits per heavy atom. The van der Waals surface area contributed by atoms with Gasteiger partial charge in [0, 0.05) is 13.1 Å². The van der Waals surface area contributed by atoms with E-state index >= 15 is 0 Å². The molecule has 188 valence electrons. The summed E-state index contributed by atoms with van der Waals surface area (Å²) in [7, 11) is 3.00. The molecule has 1 aliphatic carbocycles. The summed E-state index contributed by atoms with van der Waals surface area (Å²) in [5.74, 6) is -0.390. The first-order chi connectivity index (χ1) is 17.8. The van der Waals surface area contributed by atoms with Crippen LogP contribution in [0.2, 0.25) is 0 Å². The Balaban J connectivity index is 1.54. The number of fused-ring (bicyclic) bond motifs is 2. The highest BCUT2D eigenvalue weighted by Crippen LogP contribution is 2.46. The van der Waals surface area contributed by atoms with E-state index in [-0.39, 0.29) is 29.1 Å². The number of anilines is 3. The Hall–Kier alpha value is -4.27. The molecule has 1 fully saturated rings. The van der Waals surface area contributed by atoms with Crippen LogP contribution in [0.15, 0.2) is 54.6 Å². The lowest BCUT2D eigenvalue weighted by molar-refractivity contribution is -0.119. The third-order valence-electron chi connectivity index (χ3n) is 7.41. The molecule has 2 atom stereocenters. The fraction of sp³-hybridized carbons (Fsp3) is 0.286.